The molecule has 0 aromatic carbocycles. The molecule has 0 spiro atoms. The summed E-state index contributed by atoms with van der Waals surface area (Å²) < 4.78 is 0. The quantitative estimate of drug-likeness (QED) is 0.832. The third-order valence-corrected chi connectivity index (χ3v) is 4.54. The third kappa shape index (κ3) is 3.49. The zero-order chi connectivity index (χ0) is 14.7. The lowest BCUT2D eigenvalue weighted by Crippen LogP contribution is -2.19. The molecule has 1 fully saturated rings. The van der Waals surface area contributed by atoms with Crippen molar-refractivity contribution in [3.05, 3.63) is 35.7 Å². The van der Waals surface area contributed by atoms with Gasteiger partial charge in [-0.1, -0.05) is 6.07 Å². The normalized spacial score (nSPS) is 14.4. The minimum Gasteiger partial charge on any atom is -0.359 e. The highest BCUT2D eigenvalue weighted by molar-refractivity contribution is 6.38. The Balaban J connectivity index is 1.58. The van der Waals surface area contributed by atoms with Crippen LogP contribution < -0.4 is 10.2 Å². The monoisotopic (exact) mass is 299 g/mol. The minimum absolute atomic E-state index is 0.0702. The number of anilines is 2. The maximum Gasteiger partial charge on any atom is 0.229 e. The van der Waals surface area contributed by atoms with Gasteiger partial charge in [0.2, 0.25) is 5.91 Å². The number of hydrogen-bond donors (Lipinski definition) is 2. The van der Waals surface area contributed by atoms with Gasteiger partial charge in [-0.05, 0) is 24.6 Å². The second-order valence-electron chi connectivity index (χ2n) is 5.09. The summed E-state index contributed by atoms with van der Waals surface area (Å²) in [6.45, 7) is 2.97. The highest BCUT2D eigenvalue weighted by atomic mass is 28.2. The number of aryl methyl sites for hydroxylation is 1. The molecule has 2 radical (unpaired) electrons. The van der Waals surface area contributed by atoms with Crippen molar-refractivity contribution in [2.75, 3.05) is 22.9 Å². The molecule has 3 rings (SSSR count). The number of carbonyl (C=O) groups is 1. The molecule has 6 nitrogen and oxygen atoms in total. The number of aromatic amines is 1. The van der Waals surface area contributed by atoms with E-state index >= 15 is 0 Å². The Morgan fingerprint density at radius 3 is 3.14 bits per heavy atom. The number of nitrogens with zero attached hydrogens (tertiary/aromatic N) is 3. The summed E-state index contributed by atoms with van der Waals surface area (Å²) in [5.41, 5.74) is 1.85. The van der Waals surface area contributed by atoms with E-state index in [2.05, 4.69) is 25.4 Å². The number of aromatic nitrogens is 3. The second kappa shape index (κ2) is 6.09. The molecule has 1 aliphatic rings. The summed E-state index contributed by atoms with van der Waals surface area (Å²) in [5.74, 6) is 1.48. The fraction of sp³-hybridized carbons (Fsp3) is 0.357. The Morgan fingerprint density at radius 1 is 1.52 bits per heavy atom. The Kier molecular flexibility index (Phi) is 4.00. The minimum atomic E-state index is -0.0702. The summed E-state index contributed by atoms with van der Waals surface area (Å²) in [6, 6.07) is 6.95. The number of pyridine rings is 1. The third-order valence-electron chi connectivity index (χ3n) is 3.36. The van der Waals surface area contributed by atoms with E-state index in [0.717, 1.165) is 39.3 Å². The first-order valence-electron chi connectivity index (χ1n) is 6.93. The topological polar surface area (TPSA) is 73.9 Å². The van der Waals surface area contributed by atoms with Gasteiger partial charge < -0.3 is 10.2 Å². The van der Waals surface area contributed by atoms with Crippen molar-refractivity contribution in [3.63, 3.8) is 0 Å². The first-order valence-corrected chi connectivity index (χ1v) is 8.34. The van der Waals surface area contributed by atoms with E-state index < -0.39 is 0 Å². The van der Waals surface area contributed by atoms with Gasteiger partial charge in [0.25, 0.3) is 0 Å². The zero-order valence-electron chi connectivity index (χ0n) is 11.9. The van der Waals surface area contributed by atoms with Crippen LogP contribution in [0.15, 0.2) is 24.4 Å². The number of H-pyrrole nitrogens is 1. The molecule has 0 aliphatic carbocycles. The van der Waals surface area contributed by atoms with Crippen molar-refractivity contribution in [1.29, 1.82) is 0 Å². The number of amides is 1. The van der Waals surface area contributed by atoms with Gasteiger partial charge in [-0.15, -0.1) is 0 Å². The fourth-order valence-corrected chi connectivity index (χ4v) is 3.40. The molecule has 3 heterocycles. The predicted octanol–water partition coefficient (Wildman–Crippen LogP) is 1.19. The van der Waals surface area contributed by atoms with Gasteiger partial charge in [0, 0.05) is 30.7 Å². The van der Waals surface area contributed by atoms with E-state index in [0.29, 0.717) is 12.2 Å². The number of nitrogens with one attached hydrogen (secondary N) is 2. The Bertz CT molecular complexity index is 619. The smallest absolute Gasteiger partial charge is 0.229 e. The van der Waals surface area contributed by atoms with Crippen molar-refractivity contribution in [1.82, 2.24) is 15.2 Å². The summed E-state index contributed by atoms with van der Waals surface area (Å²) in [4.78, 5) is 18.4. The number of hydrogen-bond acceptors (Lipinski definition) is 4. The van der Waals surface area contributed by atoms with Gasteiger partial charge in [0.15, 0.2) is 5.82 Å². The van der Waals surface area contributed by atoms with Crippen LogP contribution in [-0.2, 0) is 11.2 Å². The van der Waals surface area contributed by atoms with Crippen LogP contribution in [0.3, 0.4) is 0 Å². The molecule has 1 aliphatic heterocycles. The van der Waals surface area contributed by atoms with Crippen LogP contribution in [-0.4, -0.2) is 43.3 Å². The largest absolute Gasteiger partial charge is 0.359 e. The summed E-state index contributed by atoms with van der Waals surface area (Å²) in [6.07, 6.45) is 3.11. The first-order chi connectivity index (χ1) is 10.2. The molecule has 2 aromatic rings. The average molecular weight is 299 g/mol. The molecule has 2 N–H and O–H groups in total. The lowest BCUT2D eigenvalue weighted by Gasteiger charge is -2.12. The van der Waals surface area contributed by atoms with Crippen LogP contribution in [0.2, 0.25) is 6.04 Å². The van der Waals surface area contributed by atoms with E-state index in [4.69, 9.17) is 0 Å². The SMILES string of the molecule is Cc1ccc(CC(=O)Nc2cc(N3CC[Si]C3)n[nH]2)cn1. The predicted molar refractivity (Wildman–Crippen MR) is 82.7 cm³/mol. The van der Waals surface area contributed by atoms with Crippen molar-refractivity contribution < 1.29 is 4.79 Å². The Hall–Kier alpha value is -2.15. The van der Waals surface area contributed by atoms with Crippen molar-refractivity contribution >= 4 is 27.1 Å². The molecule has 108 valence electrons. The molecule has 0 atom stereocenters. The van der Waals surface area contributed by atoms with E-state index in [9.17, 15) is 4.79 Å². The maximum atomic E-state index is 12.0. The first kappa shape index (κ1) is 13.8. The number of carbonyl (C=O) groups excluding carboxylic acids is 1. The van der Waals surface area contributed by atoms with Crippen LogP contribution in [0.5, 0.6) is 0 Å². The van der Waals surface area contributed by atoms with Gasteiger partial charge in [0.05, 0.1) is 15.9 Å². The lowest BCUT2D eigenvalue weighted by atomic mass is 10.2. The highest BCUT2D eigenvalue weighted by Crippen LogP contribution is 2.18. The Morgan fingerprint density at radius 2 is 2.43 bits per heavy atom. The molecule has 1 saturated heterocycles. The van der Waals surface area contributed by atoms with Crippen molar-refractivity contribution in [2.45, 2.75) is 19.4 Å². The van der Waals surface area contributed by atoms with E-state index in [1.165, 1.54) is 6.04 Å². The Labute approximate surface area is 125 Å². The number of rotatable bonds is 4. The molecule has 21 heavy (non-hydrogen) atoms. The molecular formula is C14H17N5OSi. The molecule has 0 bridgehead atoms. The van der Waals surface area contributed by atoms with Crippen LogP contribution in [0.1, 0.15) is 11.3 Å². The molecular weight excluding hydrogens is 282 g/mol. The van der Waals surface area contributed by atoms with E-state index in [1.807, 2.05) is 25.1 Å². The summed E-state index contributed by atoms with van der Waals surface area (Å²) in [5, 5.41) is 9.96. The fourth-order valence-electron chi connectivity index (χ4n) is 2.22. The van der Waals surface area contributed by atoms with Crippen molar-refractivity contribution in [2.24, 2.45) is 0 Å². The van der Waals surface area contributed by atoms with Crippen LogP contribution in [0.4, 0.5) is 11.6 Å². The van der Waals surface area contributed by atoms with E-state index in [1.54, 1.807) is 6.20 Å². The van der Waals surface area contributed by atoms with Crippen molar-refractivity contribution in [3.8, 4) is 0 Å². The van der Waals surface area contributed by atoms with Crippen LogP contribution in [0, 0.1) is 6.92 Å². The average Bonchev–Trinajstić information content (AvgIpc) is 3.12. The summed E-state index contributed by atoms with van der Waals surface area (Å²) >= 11 is 0. The molecule has 0 unspecified atom stereocenters. The van der Waals surface area contributed by atoms with Gasteiger partial charge in [0.1, 0.15) is 5.82 Å². The second-order valence-corrected chi connectivity index (χ2v) is 6.41. The highest BCUT2D eigenvalue weighted by Gasteiger charge is 2.16. The molecule has 0 saturated carbocycles. The zero-order valence-corrected chi connectivity index (χ0v) is 12.9. The molecule has 1 amide bonds. The van der Waals surface area contributed by atoms with E-state index in [-0.39, 0.29) is 5.91 Å². The van der Waals surface area contributed by atoms with Gasteiger partial charge in [-0.3, -0.25) is 14.9 Å². The standard InChI is InChI=1S/C14H17N5OSi/c1-10-2-3-11(8-15-10)6-14(20)16-12-7-13(18-17-12)19-4-5-21-9-19/h2-3,7-8H,4-6,9H2,1H3,(H2,16,17,18,20). The molecule has 7 heteroatoms. The van der Waals surface area contributed by atoms with Crippen LogP contribution in [0.25, 0.3) is 0 Å². The summed E-state index contributed by atoms with van der Waals surface area (Å²) in [7, 11) is 0.978. The lowest BCUT2D eigenvalue weighted by molar-refractivity contribution is -0.115. The van der Waals surface area contributed by atoms with Gasteiger partial charge in [-0.2, -0.15) is 5.10 Å². The van der Waals surface area contributed by atoms with Gasteiger partial charge in [-0.25, -0.2) is 0 Å². The van der Waals surface area contributed by atoms with Crippen LogP contribution >= 0.6 is 0 Å². The molecule has 2 aromatic heterocycles. The maximum absolute atomic E-state index is 12.0. The van der Waals surface area contributed by atoms with Gasteiger partial charge >= 0.3 is 0 Å².